The van der Waals surface area contributed by atoms with Crippen LogP contribution in [0.25, 0.3) is 0 Å². The molecule has 4 heterocycles. The third kappa shape index (κ3) is 1.76. The van der Waals surface area contributed by atoms with Gasteiger partial charge in [0.2, 0.25) is 0 Å². The standard InChI is InChI=1S/C13H23NO2S/c15-10-12(3-7-17-8-4-12)13(16)9-14-5-1-11(13)2-6-14/h11,15-16H,1-10H2. The average Bonchev–Trinajstić information content (AvgIpc) is 2.40. The molecule has 0 aromatic heterocycles. The molecule has 0 amide bonds. The van der Waals surface area contributed by atoms with Crippen LogP contribution < -0.4 is 0 Å². The molecule has 4 aliphatic heterocycles. The minimum Gasteiger partial charge on any atom is -0.396 e. The van der Waals surface area contributed by atoms with Crippen LogP contribution in [0.4, 0.5) is 0 Å². The number of hydrogen-bond acceptors (Lipinski definition) is 4. The Hall–Kier alpha value is 0.230. The Morgan fingerprint density at radius 2 is 1.82 bits per heavy atom. The zero-order valence-corrected chi connectivity index (χ0v) is 11.2. The van der Waals surface area contributed by atoms with E-state index in [0.717, 1.165) is 56.8 Å². The topological polar surface area (TPSA) is 43.7 Å². The molecule has 0 aliphatic carbocycles. The van der Waals surface area contributed by atoms with E-state index in [-0.39, 0.29) is 12.0 Å². The van der Waals surface area contributed by atoms with Crippen molar-refractivity contribution in [2.24, 2.45) is 11.3 Å². The molecule has 3 nitrogen and oxygen atoms in total. The van der Waals surface area contributed by atoms with E-state index >= 15 is 0 Å². The Bertz CT molecular complexity index is 285. The van der Waals surface area contributed by atoms with Gasteiger partial charge in [-0.2, -0.15) is 11.8 Å². The summed E-state index contributed by atoms with van der Waals surface area (Å²) < 4.78 is 0. The summed E-state index contributed by atoms with van der Waals surface area (Å²) in [7, 11) is 0. The zero-order chi connectivity index (χ0) is 11.9. The number of aliphatic hydroxyl groups is 2. The lowest BCUT2D eigenvalue weighted by atomic mass is 9.58. The van der Waals surface area contributed by atoms with Crippen LogP contribution in [0.3, 0.4) is 0 Å². The minimum absolute atomic E-state index is 0.161. The molecule has 0 aromatic carbocycles. The van der Waals surface area contributed by atoms with Gasteiger partial charge < -0.3 is 15.1 Å². The number of thioether (sulfide) groups is 1. The quantitative estimate of drug-likeness (QED) is 0.773. The molecule has 4 saturated heterocycles. The molecular weight excluding hydrogens is 234 g/mol. The number of aliphatic hydroxyl groups excluding tert-OH is 1. The Labute approximate surface area is 108 Å². The van der Waals surface area contributed by atoms with Gasteiger partial charge in [0.05, 0.1) is 12.2 Å². The van der Waals surface area contributed by atoms with Crippen LogP contribution in [0.1, 0.15) is 25.7 Å². The molecule has 2 bridgehead atoms. The Morgan fingerprint density at radius 1 is 1.18 bits per heavy atom. The average molecular weight is 257 g/mol. The highest BCUT2D eigenvalue weighted by molar-refractivity contribution is 7.99. The van der Waals surface area contributed by atoms with Gasteiger partial charge in [0, 0.05) is 12.0 Å². The van der Waals surface area contributed by atoms with Crippen molar-refractivity contribution < 1.29 is 10.2 Å². The Balaban J connectivity index is 1.89. The molecule has 1 unspecified atom stereocenters. The Kier molecular flexibility index (Phi) is 3.18. The zero-order valence-electron chi connectivity index (χ0n) is 10.4. The lowest BCUT2D eigenvalue weighted by Gasteiger charge is -2.59. The van der Waals surface area contributed by atoms with E-state index < -0.39 is 5.60 Å². The molecule has 4 heteroatoms. The van der Waals surface area contributed by atoms with Crippen LogP contribution in [0.5, 0.6) is 0 Å². The first-order chi connectivity index (χ1) is 8.20. The first kappa shape index (κ1) is 12.3. The fraction of sp³-hybridized carbons (Fsp3) is 1.00. The van der Waals surface area contributed by atoms with E-state index in [4.69, 9.17) is 0 Å². The van der Waals surface area contributed by atoms with Gasteiger partial charge in [-0.1, -0.05) is 0 Å². The molecule has 0 saturated carbocycles. The van der Waals surface area contributed by atoms with E-state index in [9.17, 15) is 10.2 Å². The lowest BCUT2D eigenvalue weighted by molar-refractivity contribution is -0.202. The van der Waals surface area contributed by atoms with Gasteiger partial charge in [-0.3, -0.25) is 0 Å². The fourth-order valence-corrected chi connectivity index (χ4v) is 5.40. The second kappa shape index (κ2) is 4.41. The van der Waals surface area contributed by atoms with Crippen molar-refractivity contribution in [3.05, 3.63) is 0 Å². The second-order valence-electron chi connectivity index (χ2n) is 6.03. The molecule has 4 fully saturated rings. The van der Waals surface area contributed by atoms with Gasteiger partial charge in [-0.15, -0.1) is 0 Å². The van der Waals surface area contributed by atoms with Crippen LogP contribution >= 0.6 is 11.8 Å². The van der Waals surface area contributed by atoms with Crippen LogP contribution in [0.15, 0.2) is 0 Å². The Morgan fingerprint density at radius 3 is 2.29 bits per heavy atom. The smallest absolute Gasteiger partial charge is 0.0881 e. The molecular formula is C13H23NO2S. The molecule has 17 heavy (non-hydrogen) atoms. The van der Waals surface area contributed by atoms with Crippen molar-refractivity contribution >= 4 is 11.8 Å². The summed E-state index contributed by atoms with van der Waals surface area (Å²) in [6.07, 6.45) is 4.20. The van der Waals surface area contributed by atoms with E-state index in [1.54, 1.807) is 0 Å². The van der Waals surface area contributed by atoms with Crippen molar-refractivity contribution in [1.82, 2.24) is 4.90 Å². The lowest BCUT2D eigenvalue weighted by Crippen LogP contribution is -2.68. The summed E-state index contributed by atoms with van der Waals surface area (Å²) in [5.74, 6) is 2.60. The fourth-order valence-electron chi connectivity index (χ4n) is 4.13. The summed E-state index contributed by atoms with van der Waals surface area (Å²) in [6.45, 7) is 3.24. The number of nitrogens with zero attached hydrogens (tertiary/aromatic N) is 1. The third-order valence-electron chi connectivity index (χ3n) is 5.40. The first-order valence-electron chi connectivity index (χ1n) is 6.84. The number of hydrogen-bond donors (Lipinski definition) is 2. The highest BCUT2D eigenvalue weighted by Crippen LogP contribution is 2.52. The van der Waals surface area contributed by atoms with Gasteiger partial charge in [0.15, 0.2) is 0 Å². The summed E-state index contributed by atoms with van der Waals surface area (Å²) in [5, 5.41) is 21.1. The van der Waals surface area contributed by atoms with Crippen molar-refractivity contribution in [2.45, 2.75) is 31.3 Å². The van der Waals surface area contributed by atoms with Gasteiger partial charge >= 0.3 is 0 Å². The third-order valence-corrected chi connectivity index (χ3v) is 6.38. The monoisotopic (exact) mass is 257 g/mol. The highest BCUT2D eigenvalue weighted by atomic mass is 32.2. The molecule has 1 atom stereocenters. The van der Waals surface area contributed by atoms with Crippen molar-refractivity contribution in [1.29, 1.82) is 0 Å². The molecule has 4 aliphatic rings. The van der Waals surface area contributed by atoms with Crippen LogP contribution in [0, 0.1) is 11.3 Å². The van der Waals surface area contributed by atoms with Crippen molar-refractivity contribution in [3.63, 3.8) is 0 Å². The maximum atomic E-state index is 11.2. The first-order valence-corrected chi connectivity index (χ1v) is 7.99. The SMILES string of the molecule is OCC1(C2(O)CN3CCC2CC3)CCSCC1. The van der Waals surface area contributed by atoms with Crippen molar-refractivity contribution in [3.8, 4) is 0 Å². The number of piperidine rings is 3. The largest absolute Gasteiger partial charge is 0.396 e. The minimum atomic E-state index is -0.626. The van der Waals surface area contributed by atoms with E-state index in [1.165, 1.54) is 0 Å². The van der Waals surface area contributed by atoms with Crippen LogP contribution in [0.2, 0.25) is 0 Å². The van der Waals surface area contributed by atoms with E-state index in [1.807, 2.05) is 11.8 Å². The van der Waals surface area contributed by atoms with Crippen molar-refractivity contribution in [2.75, 3.05) is 37.7 Å². The summed E-state index contributed by atoms with van der Waals surface area (Å²) in [4.78, 5) is 2.39. The highest BCUT2D eigenvalue weighted by Gasteiger charge is 2.58. The van der Waals surface area contributed by atoms with E-state index in [2.05, 4.69) is 4.90 Å². The molecule has 98 valence electrons. The molecule has 0 radical (unpaired) electrons. The molecule has 0 aromatic rings. The van der Waals surface area contributed by atoms with Crippen LogP contribution in [-0.4, -0.2) is 58.5 Å². The normalized spacial score (nSPS) is 44.8. The van der Waals surface area contributed by atoms with Gasteiger partial charge in [-0.25, -0.2) is 0 Å². The number of rotatable bonds is 2. The second-order valence-corrected chi connectivity index (χ2v) is 7.25. The maximum Gasteiger partial charge on any atom is 0.0881 e. The number of fused-ring (bicyclic) bond motifs is 3. The van der Waals surface area contributed by atoms with E-state index in [0.29, 0.717) is 5.92 Å². The van der Waals surface area contributed by atoms with Crippen LogP contribution in [-0.2, 0) is 0 Å². The summed E-state index contributed by atoms with van der Waals surface area (Å²) >= 11 is 1.96. The summed E-state index contributed by atoms with van der Waals surface area (Å²) in [6, 6.07) is 0. The molecule has 0 spiro atoms. The maximum absolute atomic E-state index is 11.2. The molecule has 2 N–H and O–H groups in total. The predicted octanol–water partition coefficient (Wildman–Crippen LogP) is 0.949. The molecule has 4 rings (SSSR count). The van der Waals surface area contributed by atoms with Gasteiger partial charge in [0.1, 0.15) is 0 Å². The summed E-state index contributed by atoms with van der Waals surface area (Å²) in [5.41, 5.74) is -0.846. The van der Waals surface area contributed by atoms with Gasteiger partial charge in [0.25, 0.3) is 0 Å². The predicted molar refractivity (Wildman–Crippen MR) is 70.2 cm³/mol. The van der Waals surface area contributed by atoms with Gasteiger partial charge in [-0.05, 0) is 56.2 Å².